The fraction of sp³-hybridized carbons (Fsp3) is 0.333. The van der Waals surface area contributed by atoms with Crippen molar-refractivity contribution >= 4 is 35.4 Å². The number of hydrogen-bond donors (Lipinski definition) is 0. The van der Waals surface area contributed by atoms with E-state index in [1.165, 1.54) is 0 Å². The van der Waals surface area contributed by atoms with Gasteiger partial charge in [0.15, 0.2) is 12.9 Å². The largest absolute Gasteiger partial charge is 0.439 e. The predicted octanol–water partition coefficient (Wildman–Crippen LogP) is 1.18. The molecule has 0 spiro atoms. The minimum absolute atomic E-state index is 0.183. The molecule has 2 amide bonds. The molecule has 2 rings (SSSR count). The predicted molar refractivity (Wildman–Crippen MR) is 67.1 cm³/mol. The van der Waals surface area contributed by atoms with Crippen LogP contribution in [0.5, 0.6) is 0 Å². The maximum absolute atomic E-state index is 11.3. The van der Waals surface area contributed by atoms with E-state index in [0.29, 0.717) is 23.3 Å². The Labute approximate surface area is 109 Å². The van der Waals surface area contributed by atoms with Crippen molar-refractivity contribution in [2.75, 3.05) is 13.2 Å². The number of aldehydes is 1. The van der Waals surface area contributed by atoms with Crippen LogP contribution in [-0.2, 0) is 14.3 Å². The molecule has 0 bridgehead atoms. The molecule has 0 radical (unpaired) electrons. The monoisotopic (exact) mass is 265 g/mol. The fourth-order valence-electron chi connectivity index (χ4n) is 1.79. The molecule has 1 fully saturated rings. The summed E-state index contributed by atoms with van der Waals surface area (Å²) in [7, 11) is 0. The third-order valence-electron chi connectivity index (χ3n) is 2.80. The number of rotatable bonds is 4. The van der Waals surface area contributed by atoms with E-state index in [-0.39, 0.29) is 19.1 Å². The summed E-state index contributed by atoms with van der Waals surface area (Å²) in [6.07, 6.45) is 4.77. The standard InChI is InChI=1S/C12H11NO4S/c14-6-9-5-8(1-2-10(9)18)3-4-13-11(15)7-17-12(13)16/h1,5-6H,2-4,7H2. The number of amides is 2. The molecule has 94 valence electrons. The molecule has 18 heavy (non-hydrogen) atoms. The average Bonchev–Trinajstić information content (AvgIpc) is 2.68. The van der Waals surface area contributed by atoms with E-state index in [1.807, 2.05) is 6.08 Å². The van der Waals surface area contributed by atoms with Crippen LogP contribution in [0, 0.1) is 0 Å². The van der Waals surface area contributed by atoms with Crippen LogP contribution in [0.1, 0.15) is 12.8 Å². The first-order chi connectivity index (χ1) is 8.61. The molecule has 0 N–H and O–H groups in total. The maximum atomic E-state index is 11.3. The van der Waals surface area contributed by atoms with Gasteiger partial charge >= 0.3 is 6.09 Å². The van der Waals surface area contributed by atoms with E-state index in [4.69, 9.17) is 12.2 Å². The van der Waals surface area contributed by atoms with E-state index in [0.717, 1.165) is 16.8 Å². The molecule has 0 aromatic heterocycles. The minimum atomic E-state index is -0.605. The summed E-state index contributed by atoms with van der Waals surface area (Å²) in [5.41, 5.74) is 1.40. The number of hydrogen-bond acceptors (Lipinski definition) is 5. The van der Waals surface area contributed by atoms with Gasteiger partial charge in [-0.25, -0.2) is 9.69 Å². The van der Waals surface area contributed by atoms with Crippen molar-refractivity contribution in [2.45, 2.75) is 12.8 Å². The Kier molecular flexibility index (Phi) is 3.66. The molecule has 0 atom stereocenters. The summed E-state index contributed by atoms with van der Waals surface area (Å²) >= 11 is 5.03. The number of thiocarbonyl (C=S) groups is 1. The SMILES string of the molecule is O=CC1=CC(CCN2C(=O)COC2=O)=CCC1=S. The molecule has 6 heteroatoms. The molecular formula is C12H11NO4S. The van der Waals surface area contributed by atoms with Crippen molar-refractivity contribution in [1.29, 1.82) is 0 Å². The lowest BCUT2D eigenvalue weighted by atomic mass is 9.98. The smallest absolute Gasteiger partial charge is 0.417 e. The lowest BCUT2D eigenvalue weighted by Crippen LogP contribution is -2.30. The third-order valence-corrected chi connectivity index (χ3v) is 3.21. The van der Waals surface area contributed by atoms with E-state index >= 15 is 0 Å². The highest BCUT2D eigenvalue weighted by Gasteiger charge is 2.30. The van der Waals surface area contributed by atoms with E-state index in [9.17, 15) is 14.4 Å². The molecule has 5 nitrogen and oxygen atoms in total. The zero-order valence-electron chi connectivity index (χ0n) is 9.55. The topological polar surface area (TPSA) is 63.7 Å². The maximum Gasteiger partial charge on any atom is 0.417 e. The van der Waals surface area contributed by atoms with Crippen molar-refractivity contribution in [3.63, 3.8) is 0 Å². The van der Waals surface area contributed by atoms with Crippen LogP contribution in [0.4, 0.5) is 4.79 Å². The number of cyclic esters (lactones) is 1. The van der Waals surface area contributed by atoms with Gasteiger partial charge in [-0.05, 0) is 18.1 Å². The number of imide groups is 1. The van der Waals surface area contributed by atoms with Crippen LogP contribution in [0.25, 0.3) is 0 Å². The zero-order chi connectivity index (χ0) is 13.1. The minimum Gasteiger partial charge on any atom is -0.439 e. The zero-order valence-corrected chi connectivity index (χ0v) is 10.4. The van der Waals surface area contributed by atoms with Gasteiger partial charge in [0.05, 0.1) is 0 Å². The summed E-state index contributed by atoms with van der Waals surface area (Å²) in [6, 6.07) is 0. The Morgan fingerprint density at radius 1 is 1.44 bits per heavy atom. The number of nitrogens with zero attached hydrogens (tertiary/aromatic N) is 1. The Bertz CT molecular complexity index is 476. The fourth-order valence-corrected chi connectivity index (χ4v) is 1.98. The second-order valence-corrected chi connectivity index (χ2v) is 4.47. The van der Waals surface area contributed by atoms with Crippen LogP contribution in [0.2, 0.25) is 0 Å². The first-order valence-corrected chi connectivity index (χ1v) is 5.89. The highest BCUT2D eigenvalue weighted by Crippen LogP contribution is 2.18. The van der Waals surface area contributed by atoms with Crippen LogP contribution >= 0.6 is 12.2 Å². The van der Waals surface area contributed by atoms with Crippen molar-refractivity contribution in [2.24, 2.45) is 0 Å². The lowest BCUT2D eigenvalue weighted by Gasteiger charge is -2.14. The molecular weight excluding hydrogens is 254 g/mol. The van der Waals surface area contributed by atoms with Gasteiger partial charge in [0.25, 0.3) is 5.91 Å². The number of carbonyl (C=O) groups is 3. The van der Waals surface area contributed by atoms with Crippen LogP contribution in [0.3, 0.4) is 0 Å². The normalized spacial score (nSPS) is 19.6. The van der Waals surface area contributed by atoms with Gasteiger partial charge in [0.2, 0.25) is 0 Å². The summed E-state index contributed by atoms with van der Waals surface area (Å²) < 4.78 is 4.60. The summed E-state index contributed by atoms with van der Waals surface area (Å²) in [6.45, 7) is 0.0797. The van der Waals surface area contributed by atoms with Gasteiger partial charge in [0.1, 0.15) is 0 Å². The molecule has 1 aliphatic heterocycles. The molecule has 0 unspecified atom stereocenters. The van der Waals surface area contributed by atoms with E-state index in [1.54, 1.807) is 6.08 Å². The molecule has 0 saturated carbocycles. The second kappa shape index (κ2) is 5.22. The Hall–Kier alpha value is -1.82. The van der Waals surface area contributed by atoms with Gasteiger partial charge in [-0.1, -0.05) is 18.3 Å². The summed E-state index contributed by atoms with van der Waals surface area (Å²) in [4.78, 5) is 34.9. The van der Waals surface area contributed by atoms with Gasteiger partial charge in [-0.3, -0.25) is 9.59 Å². The number of carbonyl (C=O) groups excluding carboxylic acids is 3. The Morgan fingerprint density at radius 2 is 2.22 bits per heavy atom. The van der Waals surface area contributed by atoms with E-state index in [2.05, 4.69) is 4.74 Å². The molecule has 2 aliphatic rings. The van der Waals surface area contributed by atoms with Gasteiger partial charge in [-0.2, -0.15) is 0 Å². The second-order valence-electron chi connectivity index (χ2n) is 3.97. The summed E-state index contributed by atoms with van der Waals surface area (Å²) in [5.74, 6) is -0.327. The molecule has 1 saturated heterocycles. The quantitative estimate of drug-likeness (QED) is 0.564. The lowest BCUT2D eigenvalue weighted by molar-refractivity contribution is -0.125. The highest BCUT2D eigenvalue weighted by atomic mass is 32.1. The van der Waals surface area contributed by atoms with Crippen molar-refractivity contribution < 1.29 is 19.1 Å². The highest BCUT2D eigenvalue weighted by molar-refractivity contribution is 7.81. The van der Waals surface area contributed by atoms with Crippen molar-refractivity contribution in [3.8, 4) is 0 Å². The molecule has 1 heterocycles. The van der Waals surface area contributed by atoms with Crippen molar-refractivity contribution in [3.05, 3.63) is 23.3 Å². The molecule has 0 aromatic rings. The first-order valence-electron chi connectivity index (χ1n) is 5.48. The Balaban J connectivity index is 1.97. The van der Waals surface area contributed by atoms with Gasteiger partial charge < -0.3 is 4.74 Å². The van der Waals surface area contributed by atoms with Crippen LogP contribution < -0.4 is 0 Å². The van der Waals surface area contributed by atoms with Crippen molar-refractivity contribution in [1.82, 2.24) is 4.90 Å². The average molecular weight is 265 g/mol. The van der Waals surface area contributed by atoms with Gasteiger partial charge in [-0.15, -0.1) is 0 Å². The van der Waals surface area contributed by atoms with Gasteiger partial charge in [0, 0.05) is 23.4 Å². The van der Waals surface area contributed by atoms with Crippen LogP contribution in [-0.4, -0.2) is 41.2 Å². The van der Waals surface area contributed by atoms with Crippen LogP contribution in [0.15, 0.2) is 23.3 Å². The number of allylic oxidation sites excluding steroid dienone is 3. The molecule has 1 aliphatic carbocycles. The summed E-state index contributed by atoms with van der Waals surface area (Å²) in [5, 5.41) is 0. The number of ether oxygens (including phenoxy) is 1. The Morgan fingerprint density at radius 3 is 2.83 bits per heavy atom. The first kappa shape index (κ1) is 12.6. The van der Waals surface area contributed by atoms with E-state index < -0.39 is 6.09 Å². The molecule has 0 aromatic carbocycles. The third kappa shape index (κ3) is 2.53.